The van der Waals surface area contributed by atoms with E-state index < -0.39 is 78.7 Å². The average Bonchev–Trinajstić information content (AvgIpc) is 3.85. The number of esters is 2. The Labute approximate surface area is 441 Å². The highest BCUT2D eigenvalue weighted by Crippen LogP contribution is 2.32. The highest BCUT2D eigenvalue weighted by Gasteiger charge is 2.39. The van der Waals surface area contributed by atoms with Gasteiger partial charge >= 0.3 is 18.0 Å². The largest absolute Gasteiger partial charge is 0.508 e. The SMILES string of the molecule is CCC(C)[C@H](NC(=O)[C@H]1CCCCN1C)C(=O)N(COC(=O)CC(C)C)[C@H](C[C@@H](OC(C)=O)c1nc(C(=O)N[C@@H](Cc2ccc(O)cc2)C[C@H](C)C(=O)NNC(=O)OCCSSc2ccccn2)cs1)C(C)C. The summed E-state index contributed by atoms with van der Waals surface area (Å²) in [5.41, 5.74) is 5.42. The summed E-state index contributed by atoms with van der Waals surface area (Å²) in [5.74, 6) is -3.71. The molecule has 1 aromatic carbocycles. The van der Waals surface area contributed by atoms with Crippen LogP contribution in [0.5, 0.6) is 5.75 Å². The van der Waals surface area contributed by atoms with Crippen molar-refractivity contribution in [2.45, 2.75) is 142 Å². The molecule has 402 valence electrons. The van der Waals surface area contributed by atoms with Gasteiger partial charge in [0.1, 0.15) is 34.1 Å². The standard InChI is InChI=1S/C51H74N8O11S3/c1-10-33(6)45(55-48(65)40-15-12-14-22-58(40)9)50(66)59(30-69-44(62)25-31(2)3)41(32(4)5)28-42(70-35(8)60)49-54-39(29-71-49)47(64)53-37(27-36-17-19-38(61)20-18-36)26-34(7)46(63)56-57-51(67)68-23-24-72-73-43-16-11-13-21-52-43/h11,13,16-21,29,31-34,37,40-42,45,61H,10,12,14-15,22-28,30H2,1-9H3,(H,53,64)(H,55,65)(H,56,63)(H,57,67)/t33?,34-,37+,40+,41+,42+,45-/m0/s1. The van der Waals surface area contributed by atoms with Crippen LogP contribution in [0.4, 0.5) is 4.79 Å². The molecule has 1 unspecified atom stereocenters. The molecule has 1 aliphatic heterocycles. The molecule has 4 rings (SSSR count). The summed E-state index contributed by atoms with van der Waals surface area (Å²) in [5, 5.41) is 18.6. The van der Waals surface area contributed by atoms with Crippen LogP contribution in [0.2, 0.25) is 0 Å². The zero-order valence-corrected chi connectivity index (χ0v) is 45.9. The van der Waals surface area contributed by atoms with E-state index >= 15 is 0 Å². The van der Waals surface area contributed by atoms with E-state index in [9.17, 15) is 38.7 Å². The number of nitrogens with zero attached hydrogens (tertiary/aromatic N) is 4. The summed E-state index contributed by atoms with van der Waals surface area (Å²) in [6.45, 7) is 14.7. The Hall–Kier alpha value is -5.45. The van der Waals surface area contributed by atoms with Crippen molar-refractivity contribution in [2.75, 3.05) is 32.7 Å². The second-order valence-electron chi connectivity index (χ2n) is 19.1. The maximum Gasteiger partial charge on any atom is 0.426 e. The zero-order chi connectivity index (χ0) is 53.6. The van der Waals surface area contributed by atoms with Crippen LogP contribution in [0.3, 0.4) is 0 Å². The number of nitrogens with one attached hydrogen (secondary N) is 4. The van der Waals surface area contributed by atoms with Crippen molar-refractivity contribution in [3.05, 3.63) is 70.3 Å². The van der Waals surface area contributed by atoms with Gasteiger partial charge in [0.25, 0.3) is 5.91 Å². The van der Waals surface area contributed by atoms with Gasteiger partial charge in [-0.1, -0.05) is 90.3 Å². The molecular formula is C51H74N8O11S3. The maximum atomic E-state index is 15.0. The topological polar surface area (TPSA) is 248 Å². The van der Waals surface area contributed by atoms with E-state index in [4.69, 9.17) is 14.2 Å². The minimum absolute atomic E-state index is 0.00373. The number of piperidine rings is 1. The van der Waals surface area contributed by atoms with Crippen LogP contribution in [0.15, 0.2) is 59.1 Å². The number of thiazole rings is 1. The van der Waals surface area contributed by atoms with Crippen LogP contribution >= 0.6 is 32.9 Å². The number of hydrogen-bond donors (Lipinski definition) is 5. The first-order valence-electron chi connectivity index (χ1n) is 24.9. The number of likely N-dealkylation sites (tertiary alicyclic amines) is 1. The smallest absolute Gasteiger partial charge is 0.426 e. The summed E-state index contributed by atoms with van der Waals surface area (Å²) < 4.78 is 16.8. The highest BCUT2D eigenvalue weighted by atomic mass is 33.1. The number of aromatic hydroxyl groups is 1. The zero-order valence-electron chi connectivity index (χ0n) is 43.4. The fraction of sp³-hybridized carbons (Fsp3) is 0.588. The maximum absolute atomic E-state index is 15.0. The summed E-state index contributed by atoms with van der Waals surface area (Å²) in [6.07, 6.45) is 3.41. The fourth-order valence-electron chi connectivity index (χ4n) is 8.13. The Kier molecular flexibility index (Phi) is 25.3. The van der Waals surface area contributed by atoms with E-state index in [0.717, 1.165) is 41.3 Å². The van der Waals surface area contributed by atoms with Crippen molar-refractivity contribution >= 4 is 74.6 Å². The number of ether oxygens (including phenoxy) is 3. The second kappa shape index (κ2) is 30.7. The predicted molar refractivity (Wildman–Crippen MR) is 281 cm³/mol. The lowest BCUT2D eigenvalue weighted by Gasteiger charge is -2.39. The Balaban J connectivity index is 1.52. The number of carbonyl (C=O) groups excluding carboxylic acids is 7. The molecule has 0 saturated carbocycles. The molecular weight excluding hydrogens is 997 g/mol. The van der Waals surface area contributed by atoms with Gasteiger partial charge in [-0.2, -0.15) is 0 Å². The lowest BCUT2D eigenvalue weighted by molar-refractivity contribution is -0.161. The molecule has 5 amide bonds. The number of hydrazine groups is 1. The molecule has 0 aliphatic carbocycles. The molecule has 73 heavy (non-hydrogen) atoms. The lowest BCUT2D eigenvalue weighted by Crippen LogP contribution is -2.59. The molecule has 19 nitrogen and oxygen atoms in total. The molecule has 0 radical (unpaired) electrons. The van der Waals surface area contributed by atoms with Gasteiger partial charge in [0.2, 0.25) is 17.7 Å². The molecule has 3 aromatic rings. The molecule has 7 atom stereocenters. The molecule has 0 spiro atoms. The third kappa shape index (κ3) is 20.4. The van der Waals surface area contributed by atoms with Gasteiger partial charge < -0.3 is 34.9 Å². The number of benzene rings is 1. The predicted octanol–water partition coefficient (Wildman–Crippen LogP) is 7.22. The van der Waals surface area contributed by atoms with Crippen LogP contribution in [-0.2, 0) is 44.6 Å². The lowest BCUT2D eigenvalue weighted by atomic mass is 9.92. The third-order valence-electron chi connectivity index (χ3n) is 12.3. The highest BCUT2D eigenvalue weighted by molar-refractivity contribution is 8.76. The van der Waals surface area contributed by atoms with Crippen LogP contribution in [-0.4, -0.2) is 123 Å². The van der Waals surface area contributed by atoms with Gasteiger partial charge in [-0.25, -0.2) is 20.2 Å². The first-order valence-corrected chi connectivity index (χ1v) is 28.1. The molecule has 3 heterocycles. The number of pyridine rings is 1. The van der Waals surface area contributed by atoms with Crippen LogP contribution < -0.4 is 21.5 Å². The number of carbonyl (C=O) groups is 7. The van der Waals surface area contributed by atoms with E-state index in [1.807, 2.05) is 71.7 Å². The van der Waals surface area contributed by atoms with Crippen molar-refractivity contribution in [2.24, 2.45) is 23.7 Å². The quantitative estimate of drug-likeness (QED) is 0.0126. The Morgan fingerprint density at radius 1 is 0.945 bits per heavy atom. The molecule has 2 aromatic heterocycles. The summed E-state index contributed by atoms with van der Waals surface area (Å²) in [4.78, 5) is 107. The summed E-state index contributed by atoms with van der Waals surface area (Å²) in [6, 6.07) is 9.29. The van der Waals surface area contributed by atoms with Gasteiger partial charge in [-0.05, 0) is 97.7 Å². The van der Waals surface area contributed by atoms with E-state index in [1.54, 1.807) is 25.3 Å². The number of phenols is 1. The van der Waals surface area contributed by atoms with E-state index in [2.05, 4.69) is 31.5 Å². The molecule has 1 saturated heterocycles. The van der Waals surface area contributed by atoms with Crippen LogP contribution in [0.25, 0.3) is 0 Å². The number of likely N-dealkylation sites (N-methyl/N-ethyl adjacent to an activating group) is 1. The van der Waals surface area contributed by atoms with Gasteiger partial charge in [-0.15, -0.1) is 11.3 Å². The number of phenolic OH excluding ortho intramolecular Hbond substituents is 1. The number of rotatable bonds is 27. The minimum atomic E-state index is -1.05. The van der Waals surface area contributed by atoms with Gasteiger partial charge in [-0.3, -0.25) is 39.1 Å². The van der Waals surface area contributed by atoms with E-state index in [0.29, 0.717) is 18.6 Å². The molecule has 0 bridgehead atoms. The molecule has 22 heteroatoms. The van der Waals surface area contributed by atoms with Crippen molar-refractivity contribution in [3.63, 3.8) is 0 Å². The van der Waals surface area contributed by atoms with Crippen molar-refractivity contribution < 1.29 is 52.9 Å². The number of aromatic nitrogens is 2. The van der Waals surface area contributed by atoms with Crippen molar-refractivity contribution in [3.8, 4) is 5.75 Å². The van der Waals surface area contributed by atoms with Crippen molar-refractivity contribution in [1.82, 2.24) is 41.3 Å². The van der Waals surface area contributed by atoms with Gasteiger partial charge in [0.15, 0.2) is 12.8 Å². The fourth-order valence-corrected chi connectivity index (χ4v) is 10.7. The minimum Gasteiger partial charge on any atom is -0.508 e. The average molecular weight is 1070 g/mol. The van der Waals surface area contributed by atoms with E-state index in [1.165, 1.54) is 50.9 Å². The van der Waals surface area contributed by atoms with Crippen molar-refractivity contribution in [1.29, 1.82) is 0 Å². The summed E-state index contributed by atoms with van der Waals surface area (Å²) in [7, 11) is 4.81. The monoisotopic (exact) mass is 1070 g/mol. The van der Waals surface area contributed by atoms with Gasteiger partial charge in [0.05, 0.1) is 6.04 Å². The Bertz CT molecular complexity index is 2250. The van der Waals surface area contributed by atoms with Crippen LogP contribution in [0, 0.1) is 23.7 Å². The normalized spacial score (nSPS) is 16.2. The molecule has 5 N–H and O–H groups in total. The van der Waals surface area contributed by atoms with Gasteiger partial charge in [0, 0.05) is 55.1 Å². The third-order valence-corrected chi connectivity index (χ3v) is 15.5. The number of hydrogen-bond acceptors (Lipinski definition) is 17. The van der Waals surface area contributed by atoms with E-state index in [-0.39, 0.29) is 72.4 Å². The number of amides is 5. The Morgan fingerprint density at radius 3 is 2.33 bits per heavy atom. The van der Waals surface area contributed by atoms with Crippen LogP contribution in [0.1, 0.15) is 127 Å². The summed E-state index contributed by atoms with van der Waals surface area (Å²) >= 11 is 1.09. The molecule has 1 fully saturated rings. The first kappa shape index (κ1) is 60.1. The Morgan fingerprint density at radius 2 is 1.68 bits per heavy atom. The molecule has 1 aliphatic rings. The first-order chi connectivity index (χ1) is 34.8. The second-order valence-corrected chi connectivity index (χ2v) is 22.5.